The van der Waals surface area contributed by atoms with Gasteiger partial charge in [-0.2, -0.15) is 5.10 Å². The summed E-state index contributed by atoms with van der Waals surface area (Å²) in [4.78, 5) is 14.1. The van der Waals surface area contributed by atoms with Crippen LogP contribution in [0.1, 0.15) is 29.0 Å². The minimum Gasteiger partial charge on any atom is -0.337 e. The number of nitrogens with two attached hydrogens (primary N) is 1. The lowest BCUT2D eigenvalue weighted by Crippen LogP contribution is -2.42. The van der Waals surface area contributed by atoms with E-state index in [0.717, 1.165) is 31.6 Å². The van der Waals surface area contributed by atoms with Crippen LogP contribution in [0.15, 0.2) is 6.07 Å². The lowest BCUT2D eigenvalue weighted by Gasteiger charge is -2.31. The summed E-state index contributed by atoms with van der Waals surface area (Å²) in [6, 6.07) is 1.84. The van der Waals surface area contributed by atoms with Crippen LogP contribution in [0.4, 0.5) is 0 Å². The van der Waals surface area contributed by atoms with Gasteiger partial charge in [-0.1, -0.05) is 0 Å². The summed E-state index contributed by atoms with van der Waals surface area (Å²) in [6.45, 7) is 4.20. The number of likely N-dealkylation sites (tertiary alicyclic amines) is 1. The third-order valence-corrected chi connectivity index (χ3v) is 3.47. The Labute approximate surface area is 102 Å². The molecule has 2 heterocycles. The number of carbonyl (C=O) groups excluding carboxylic acids is 1. The van der Waals surface area contributed by atoms with E-state index < -0.39 is 0 Å². The molecule has 1 saturated heterocycles. The van der Waals surface area contributed by atoms with E-state index in [9.17, 15) is 4.79 Å². The maximum absolute atomic E-state index is 12.2. The fourth-order valence-electron chi connectivity index (χ4n) is 2.27. The molecule has 1 aromatic rings. The molecule has 17 heavy (non-hydrogen) atoms. The average Bonchev–Trinajstić information content (AvgIpc) is 2.69. The molecule has 5 heteroatoms. The summed E-state index contributed by atoms with van der Waals surface area (Å²) in [5.74, 6) is 0.476. The summed E-state index contributed by atoms with van der Waals surface area (Å²) in [7, 11) is 1.85. The Bertz CT molecular complexity index is 393. The molecule has 94 valence electrons. The number of rotatable bonds is 2. The molecule has 1 aliphatic heterocycles. The van der Waals surface area contributed by atoms with Crippen LogP contribution in [0.25, 0.3) is 0 Å². The zero-order valence-corrected chi connectivity index (χ0v) is 10.5. The second-order valence-electron chi connectivity index (χ2n) is 4.79. The van der Waals surface area contributed by atoms with Crippen LogP contribution in [0.2, 0.25) is 0 Å². The highest BCUT2D eigenvalue weighted by Gasteiger charge is 2.25. The molecular weight excluding hydrogens is 216 g/mol. The van der Waals surface area contributed by atoms with Crippen molar-refractivity contribution in [1.29, 1.82) is 0 Å². The molecular formula is C12H20N4O. The lowest BCUT2D eigenvalue weighted by molar-refractivity contribution is 0.0671. The third kappa shape index (κ3) is 2.49. The van der Waals surface area contributed by atoms with Gasteiger partial charge in [0.25, 0.3) is 5.91 Å². The Morgan fingerprint density at radius 2 is 2.41 bits per heavy atom. The quantitative estimate of drug-likeness (QED) is 0.815. The molecule has 1 atom stereocenters. The number of piperidine rings is 1. The fourth-order valence-corrected chi connectivity index (χ4v) is 2.27. The van der Waals surface area contributed by atoms with E-state index in [4.69, 9.17) is 5.73 Å². The number of aromatic nitrogens is 2. The first-order valence-corrected chi connectivity index (χ1v) is 6.11. The van der Waals surface area contributed by atoms with Gasteiger partial charge in [-0.25, -0.2) is 0 Å². The number of hydrogen-bond donors (Lipinski definition) is 1. The Morgan fingerprint density at radius 1 is 1.65 bits per heavy atom. The van der Waals surface area contributed by atoms with Crippen LogP contribution < -0.4 is 5.73 Å². The topological polar surface area (TPSA) is 64.2 Å². The van der Waals surface area contributed by atoms with Crippen LogP contribution in [-0.2, 0) is 7.05 Å². The van der Waals surface area contributed by atoms with Gasteiger partial charge in [0.15, 0.2) is 5.69 Å². The van der Waals surface area contributed by atoms with E-state index in [1.807, 2.05) is 24.9 Å². The smallest absolute Gasteiger partial charge is 0.274 e. The number of nitrogens with zero attached hydrogens (tertiary/aromatic N) is 3. The molecule has 0 radical (unpaired) electrons. The van der Waals surface area contributed by atoms with Crippen molar-refractivity contribution in [1.82, 2.24) is 14.7 Å². The highest BCUT2D eigenvalue weighted by molar-refractivity contribution is 5.92. The highest BCUT2D eigenvalue weighted by atomic mass is 16.2. The third-order valence-electron chi connectivity index (χ3n) is 3.47. The van der Waals surface area contributed by atoms with Gasteiger partial charge in [-0.3, -0.25) is 9.48 Å². The maximum Gasteiger partial charge on any atom is 0.274 e. The molecule has 1 amide bonds. The molecule has 1 aromatic heterocycles. The van der Waals surface area contributed by atoms with Gasteiger partial charge >= 0.3 is 0 Å². The van der Waals surface area contributed by atoms with Crippen LogP contribution in [0.5, 0.6) is 0 Å². The van der Waals surface area contributed by atoms with Crippen LogP contribution >= 0.6 is 0 Å². The van der Waals surface area contributed by atoms with Gasteiger partial charge in [-0.05, 0) is 38.3 Å². The first kappa shape index (κ1) is 12.1. The maximum atomic E-state index is 12.2. The molecule has 1 fully saturated rings. The molecule has 2 rings (SSSR count). The van der Waals surface area contributed by atoms with Crippen molar-refractivity contribution in [2.24, 2.45) is 18.7 Å². The molecule has 0 bridgehead atoms. The molecule has 0 spiro atoms. The first-order chi connectivity index (χ1) is 8.11. The molecule has 1 unspecified atom stereocenters. The Hall–Kier alpha value is -1.36. The van der Waals surface area contributed by atoms with Crippen molar-refractivity contribution in [3.8, 4) is 0 Å². The zero-order valence-electron chi connectivity index (χ0n) is 10.5. The van der Waals surface area contributed by atoms with Crippen molar-refractivity contribution in [3.63, 3.8) is 0 Å². The lowest BCUT2D eigenvalue weighted by atomic mass is 9.98. The highest BCUT2D eigenvalue weighted by Crippen LogP contribution is 2.17. The van der Waals surface area contributed by atoms with Gasteiger partial charge in [0.1, 0.15) is 0 Å². The number of carbonyl (C=O) groups is 1. The second-order valence-corrected chi connectivity index (χ2v) is 4.79. The van der Waals surface area contributed by atoms with E-state index in [0.29, 0.717) is 18.2 Å². The minimum atomic E-state index is 0.0341. The fraction of sp³-hybridized carbons (Fsp3) is 0.667. The van der Waals surface area contributed by atoms with Crippen molar-refractivity contribution in [2.75, 3.05) is 19.6 Å². The summed E-state index contributed by atoms with van der Waals surface area (Å²) in [6.07, 6.45) is 2.17. The number of amides is 1. The van der Waals surface area contributed by atoms with E-state index in [-0.39, 0.29) is 5.91 Å². The van der Waals surface area contributed by atoms with Crippen molar-refractivity contribution in [3.05, 3.63) is 17.5 Å². The van der Waals surface area contributed by atoms with Gasteiger partial charge in [0.2, 0.25) is 0 Å². The van der Waals surface area contributed by atoms with Crippen molar-refractivity contribution in [2.45, 2.75) is 19.8 Å². The summed E-state index contributed by atoms with van der Waals surface area (Å²) < 4.78 is 1.73. The molecule has 0 saturated carbocycles. The number of hydrogen-bond acceptors (Lipinski definition) is 3. The molecule has 0 aliphatic carbocycles. The minimum absolute atomic E-state index is 0.0341. The molecule has 5 nitrogen and oxygen atoms in total. The summed E-state index contributed by atoms with van der Waals surface area (Å²) in [5, 5.41) is 4.23. The number of aryl methyl sites for hydroxylation is 2. The largest absolute Gasteiger partial charge is 0.337 e. The van der Waals surface area contributed by atoms with Crippen LogP contribution in [0, 0.1) is 12.8 Å². The van der Waals surface area contributed by atoms with E-state index >= 15 is 0 Å². The van der Waals surface area contributed by atoms with Gasteiger partial charge in [-0.15, -0.1) is 0 Å². The Kier molecular flexibility index (Phi) is 3.47. The normalized spacial score (nSPS) is 20.6. The average molecular weight is 236 g/mol. The summed E-state index contributed by atoms with van der Waals surface area (Å²) in [5.41, 5.74) is 7.22. The van der Waals surface area contributed by atoms with Crippen LogP contribution in [0.3, 0.4) is 0 Å². The second kappa shape index (κ2) is 4.87. The molecule has 2 N–H and O–H groups in total. The van der Waals surface area contributed by atoms with E-state index in [2.05, 4.69) is 5.10 Å². The SMILES string of the molecule is Cc1cc(C(=O)N2CCCC(CN)C2)nn1C. The van der Waals surface area contributed by atoms with E-state index in [1.54, 1.807) is 4.68 Å². The van der Waals surface area contributed by atoms with Gasteiger partial charge < -0.3 is 10.6 Å². The van der Waals surface area contributed by atoms with Crippen LogP contribution in [-0.4, -0.2) is 40.2 Å². The van der Waals surface area contributed by atoms with Gasteiger partial charge in [0.05, 0.1) is 0 Å². The Balaban J connectivity index is 2.09. The molecule has 0 aromatic carbocycles. The van der Waals surface area contributed by atoms with Crippen molar-refractivity contribution < 1.29 is 4.79 Å². The molecule has 1 aliphatic rings. The zero-order chi connectivity index (χ0) is 12.4. The monoisotopic (exact) mass is 236 g/mol. The predicted molar refractivity (Wildman–Crippen MR) is 65.6 cm³/mol. The van der Waals surface area contributed by atoms with E-state index in [1.165, 1.54) is 0 Å². The van der Waals surface area contributed by atoms with Crippen molar-refractivity contribution >= 4 is 5.91 Å². The Morgan fingerprint density at radius 3 is 3.00 bits per heavy atom. The predicted octanol–water partition coefficient (Wildman–Crippen LogP) is 0.539. The van der Waals surface area contributed by atoms with Gasteiger partial charge in [0, 0.05) is 25.8 Å². The first-order valence-electron chi connectivity index (χ1n) is 6.11. The standard InChI is InChI=1S/C12H20N4O/c1-9-6-11(14-15(9)2)12(17)16-5-3-4-10(7-13)8-16/h6,10H,3-5,7-8,13H2,1-2H3. The summed E-state index contributed by atoms with van der Waals surface area (Å²) >= 11 is 0.